The first-order chi connectivity index (χ1) is 11.7. The molecule has 0 radical (unpaired) electrons. The van der Waals surface area contributed by atoms with Crippen LogP contribution in [0.2, 0.25) is 5.02 Å². The quantitative estimate of drug-likeness (QED) is 0.714. The van der Waals surface area contributed by atoms with Gasteiger partial charge in [0, 0.05) is 22.6 Å². The second-order valence-corrected chi connectivity index (χ2v) is 6.05. The van der Waals surface area contributed by atoms with Crippen LogP contribution in [0.3, 0.4) is 0 Å². The van der Waals surface area contributed by atoms with Crippen molar-refractivity contribution in [3.8, 4) is 5.75 Å². The number of carbonyl (C=O) groups excluding carboxylic acids is 1. The molecular weight excluding hydrogens is 380 g/mol. The maximum Gasteiger partial charge on any atom is 1.00 e. The predicted molar refractivity (Wildman–Crippen MR) is 84.0 cm³/mol. The number of fused-ring (bicyclic) bond motifs is 1. The molecule has 1 aliphatic heterocycles. The van der Waals surface area contributed by atoms with E-state index in [0.29, 0.717) is 5.02 Å². The fourth-order valence-corrected chi connectivity index (χ4v) is 2.89. The maximum atomic E-state index is 14.0. The Morgan fingerprint density at radius 1 is 1.12 bits per heavy atom. The van der Waals surface area contributed by atoms with Gasteiger partial charge < -0.3 is 14.6 Å². The van der Waals surface area contributed by atoms with Crippen molar-refractivity contribution in [2.24, 2.45) is 0 Å². The Morgan fingerprint density at radius 2 is 1.73 bits per heavy atom. The number of carboxylic acid groups (broad SMARTS) is 1. The molecule has 0 bridgehead atoms. The monoisotopic (exact) mass is 390 g/mol. The number of carboxylic acids is 1. The van der Waals surface area contributed by atoms with Gasteiger partial charge in [-0.15, -0.1) is 0 Å². The maximum absolute atomic E-state index is 14.0. The molecule has 0 fully saturated rings. The van der Waals surface area contributed by atoms with Gasteiger partial charge in [0.25, 0.3) is 0 Å². The van der Waals surface area contributed by atoms with Crippen LogP contribution in [0.1, 0.15) is 11.1 Å². The second kappa shape index (κ2) is 7.64. The molecule has 0 spiro atoms. The number of hydrogen-bond donors (Lipinski definition) is 0. The third kappa shape index (κ3) is 3.78. The molecule has 3 rings (SSSR count). The van der Waals surface area contributed by atoms with Gasteiger partial charge in [-0.05, 0) is 29.8 Å². The molecule has 2 aromatic carbocycles. The summed E-state index contributed by atoms with van der Waals surface area (Å²) in [5, 5.41) is 11.8. The van der Waals surface area contributed by atoms with Crippen LogP contribution in [0, 0.1) is 0 Å². The van der Waals surface area contributed by atoms with E-state index in [1.54, 1.807) is 6.07 Å². The molecule has 8 heteroatoms. The number of ether oxygens (including phenoxy) is 1. The molecule has 0 amide bonds. The minimum absolute atomic E-state index is 0. The molecule has 130 valence electrons. The molecule has 3 nitrogen and oxygen atoms in total. The normalized spacial score (nSPS) is 18.8. The Kier molecular flexibility index (Phi) is 6.13. The van der Waals surface area contributed by atoms with Crippen molar-refractivity contribution in [3.63, 3.8) is 0 Å². The number of hydrogen-bond acceptors (Lipinski definition) is 3. The van der Waals surface area contributed by atoms with Gasteiger partial charge in [0.2, 0.25) is 5.60 Å². The zero-order valence-corrected chi connectivity index (χ0v) is 16.4. The van der Waals surface area contributed by atoms with Crippen molar-refractivity contribution < 1.29 is 57.4 Å². The zero-order chi connectivity index (χ0) is 18.2. The first-order valence-electron chi connectivity index (χ1n) is 7.26. The standard InChI is InChI=1S/C18H12ClF3O3.Na/c19-13-7-5-11(6-8-13)10-17(18(20,21)22)14(16(23)24)9-12-3-1-2-4-15(12)25-17;/h1-9H,10H2,(H,23,24);/q;+1/p-1. The van der Waals surface area contributed by atoms with Crippen LogP contribution in [0.25, 0.3) is 6.08 Å². The van der Waals surface area contributed by atoms with Gasteiger partial charge in [-0.3, -0.25) is 0 Å². The van der Waals surface area contributed by atoms with Crippen molar-refractivity contribution in [1.82, 2.24) is 0 Å². The summed E-state index contributed by atoms with van der Waals surface area (Å²) in [5.74, 6) is -1.97. The van der Waals surface area contributed by atoms with Gasteiger partial charge in [-0.2, -0.15) is 13.2 Å². The first kappa shape index (κ1) is 20.8. The van der Waals surface area contributed by atoms with Crippen LogP contribution >= 0.6 is 11.6 Å². The van der Waals surface area contributed by atoms with Crippen molar-refractivity contribution in [2.45, 2.75) is 18.2 Å². The summed E-state index contributed by atoms with van der Waals surface area (Å²) in [6.07, 6.45) is -4.74. The molecule has 0 aromatic heterocycles. The number of para-hydroxylation sites is 1. The van der Waals surface area contributed by atoms with Gasteiger partial charge in [0.15, 0.2) is 0 Å². The summed E-state index contributed by atoms with van der Waals surface area (Å²) in [4.78, 5) is 11.5. The van der Waals surface area contributed by atoms with E-state index in [4.69, 9.17) is 16.3 Å². The van der Waals surface area contributed by atoms with Crippen LogP contribution in [-0.2, 0) is 11.2 Å². The van der Waals surface area contributed by atoms with E-state index < -0.39 is 29.7 Å². The summed E-state index contributed by atoms with van der Waals surface area (Å²) in [6, 6.07) is 11.6. The Bertz CT molecular complexity index is 850. The molecule has 0 saturated carbocycles. The Labute approximate surface area is 174 Å². The molecule has 1 unspecified atom stereocenters. The number of carbonyl (C=O) groups is 1. The van der Waals surface area contributed by atoms with Crippen molar-refractivity contribution >= 4 is 23.6 Å². The molecule has 1 aliphatic rings. The van der Waals surface area contributed by atoms with Gasteiger partial charge in [-0.25, -0.2) is 0 Å². The predicted octanol–water partition coefficient (Wildman–Crippen LogP) is 0.413. The van der Waals surface area contributed by atoms with Crippen molar-refractivity contribution in [2.75, 3.05) is 0 Å². The third-order valence-corrected chi connectivity index (χ3v) is 4.23. The van der Waals surface area contributed by atoms with Crippen LogP contribution in [0.4, 0.5) is 13.2 Å². The fraction of sp³-hybridized carbons (Fsp3) is 0.167. The van der Waals surface area contributed by atoms with E-state index in [1.807, 2.05) is 0 Å². The largest absolute Gasteiger partial charge is 1.00 e. The van der Waals surface area contributed by atoms with Crippen molar-refractivity contribution in [1.29, 1.82) is 0 Å². The van der Waals surface area contributed by atoms with E-state index in [1.165, 1.54) is 42.5 Å². The molecule has 0 aliphatic carbocycles. The molecule has 0 N–H and O–H groups in total. The van der Waals surface area contributed by atoms with Crippen LogP contribution in [-0.4, -0.2) is 17.7 Å². The number of benzene rings is 2. The van der Waals surface area contributed by atoms with E-state index in [2.05, 4.69) is 0 Å². The molecule has 2 aromatic rings. The molecule has 1 atom stereocenters. The summed E-state index contributed by atoms with van der Waals surface area (Å²) in [6.45, 7) is 0. The van der Waals surface area contributed by atoms with E-state index in [9.17, 15) is 23.1 Å². The Balaban J connectivity index is 0.00000243. The molecular formula is C18H11ClF3NaO3. The minimum atomic E-state index is -4.98. The minimum Gasteiger partial charge on any atom is -0.545 e. The average molecular weight is 391 g/mol. The first-order valence-corrected chi connectivity index (χ1v) is 7.63. The smallest absolute Gasteiger partial charge is 0.545 e. The number of alkyl halides is 3. The van der Waals surface area contributed by atoms with E-state index >= 15 is 0 Å². The van der Waals surface area contributed by atoms with Crippen LogP contribution < -0.4 is 39.4 Å². The third-order valence-electron chi connectivity index (χ3n) is 3.98. The second-order valence-electron chi connectivity index (χ2n) is 5.61. The molecule has 0 saturated heterocycles. The zero-order valence-electron chi connectivity index (χ0n) is 13.6. The van der Waals surface area contributed by atoms with Gasteiger partial charge in [-0.1, -0.05) is 41.9 Å². The number of halogens is 4. The van der Waals surface area contributed by atoms with E-state index in [-0.39, 0.29) is 46.4 Å². The topological polar surface area (TPSA) is 49.4 Å². The van der Waals surface area contributed by atoms with Gasteiger partial charge >= 0.3 is 35.7 Å². The fourth-order valence-electron chi connectivity index (χ4n) is 2.76. The molecule has 26 heavy (non-hydrogen) atoms. The Hall–Kier alpha value is -1.47. The summed E-state index contributed by atoms with van der Waals surface area (Å²) < 4.78 is 47.2. The van der Waals surface area contributed by atoms with Crippen LogP contribution in [0.15, 0.2) is 54.1 Å². The number of aliphatic carboxylic acids is 1. The van der Waals surface area contributed by atoms with E-state index in [0.717, 1.165) is 6.08 Å². The summed E-state index contributed by atoms with van der Waals surface area (Å²) in [7, 11) is 0. The number of rotatable bonds is 3. The summed E-state index contributed by atoms with van der Waals surface area (Å²) >= 11 is 5.76. The SMILES string of the molecule is O=C([O-])C1=Cc2ccccc2OC1(Cc1ccc(Cl)cc1)C(F)(F)F.[Na+]. The molecule has 1 heterocycles. The van der Waals surface area contributed by atoms with Crippen molar-refractivity contribution in [3.05, 3.63) is 70.3 Å². The van der Waals surface area contributed by atoms with Crippen LogP contribution in [0.5, 0.6) is 5.75 Å². The average Bonchev–Trinajstić information content (AvgIpc) is 2.55. The summed E-state index contributed by atoms with van der Waals surface area (Å²) in [5.41, 5.74) is -3.53. The Morgan fingerprint density at radius 3 is 2.31 bits per heavy atom. The van der Waals surface area contributed by atoms with Gasteiger partial charge in [0.1, 0.15) is 5.75 Å². The van der Waals surface area contributed by atoms with Gasteiger partial charge in [0.05, 0.1) is 5.97 Å².